The molecule has 92 valence electrons. The van der Waals surface area contributed by atoms with E-state index in [1.54, 1.807) is 0 Å². The molecule has 0 amide bonds. The lowest BCUT2D eigenvalue weighted by molar-refractivity contribution is 0.322. The summed E-state index contributed by atoms with van der Waals surface area (Å²) in [7, 11) is 0. The molecule has 2 aliphatic rings. The van der Waals surface area contributed by atoms with Crippen LogP contribution in [0.25, 0.3) is 0 Å². The molecule has 3 rings (SSSR count). The Morgan fingerprint density at radius 1 is 1.06 bits per heavy atom. The Morgan fingerprint density at radius 2 is 1.88 bits per heavy atom. The van der Waals surface area contributed by atoms with Crippen LogP contribution >= 0.6 is 11.6 Å². The number of hydrogen-bond acceptors (Lipinski definition) is 2. The molecule has 2 N–H and O–H groups in total. The molecule has 1 aromatic rings. The monoisotopic (exact) mass is 250 g/mol. The van der Waals surface area contributed by atoms with Crippen LogP contribution in [0.1, 0.15) is 32.1 Å². The molecule has 0 bridgehead atoms. The van der Waals surface area contributed by atoms with Gasteiger partial charge >= 0.3 is 0 Å². The lowest BCUT2D eigenvalue weighted by Gasteiger charge is -2.36. The van der Waals surface area contributed by atoms with Gasteiger partial charge < -0.3 is 10.6 Å². The fraction of sp³-hybridized carbons (Fsp3) is 0.571. The topological polar surface area (TPSA) is 24.1 Å². The van der Waals surface area contributed by atoms with Gasteiger partial charge in [-0.2, -0.15) is 0 Å². The van der Waals surface area contributed by atoms with Crippen LogP contribution < -0.4 is 10.6 Å². The number of nitrogens with one attached hydrogen (secondary N) is 2. The van der Waals surface area contributed by atoms with E-state index in [4.69, 9.17) is 11.6 Å². The number of hydrogen-bond donors (Lipinski definition) is 2. The Kier molecular flexibility index (Phi) is 3.15. The molecule has 1 unspecified atom stereocenters. The van der Waals surface area contributed by atoms with Crippen molar-refractivity contribution in [2.24, 2.45) is 5.92 Å². The fourth-order valence-electron chi connectivity index (χ4n) is 3.08. The highest BCUT2D eigenvalue weighted by atomic mass is 35.5. The van der Waals surface area contributed by atoms with E-state index in [1.165, 1.54) is 37.8 Å². The second-order valence-electron chi connectivity index (χ2n) is 5.22. The SMILES string of the molecule is Clc1ccc2c(c1)NCC(C1CCCCC1)N2. The second kappa shape index (κ2) is 4.77. The summed E-state index contributed by atoms with van der Waals surface area (Å²) in [5.74, 6) is 0.833. The summed E-state index contributed by atoms with van der Waals surface area (Å²) in [5, 5.41) is 7.98. The van der Waals surface area contributed by atoms with Gasteiger partial charge in [0.25, 0.3) is 0 Å². The average molecular weight is 251 g/mol. The third kappa shape index (κ3) is 2.37. The van der Waals surface area contributed by atoms with Crippen molar-refractivity contribution in [1.29, 1.82) is 0 Å². The van der Waals surface area contributed by atoms with Crippen molar-refractivity contribution in [2.75, 3.05) is 17.2 Å². The molecule has 0 radical (unpaired) electrons. The standard InChI is InChI=1S/C14H19ClN2/c15-11-6-7-12-13(8-11)16-9-14(17-12)10-4-2-1-3-5-10/h6-8,10,14,16-17H,1-5,9H2. The summed E-state index contributed by atoms with van der Waals surface area (Å²) in [5.41, 5.74) is 2.35. The average Bonchev–Trinajstić information content (AvgIpc) is 2.39. The quantitative estimate of drug-likeness (QED) is 0.783. The minimum absolute atomic E-state index is 0.587. The van der Waals surface area contributed by atoms with Gasteiger partial charge in [-0.3, -0.25) is 0 Å². The van der Waals surface area contributed by atoms with Gasteiger partial charge in [0, 0.05) is 17.6 Å². The zero-order valence-electron chi connectivity index (χ0n) is 10.0. The normalized spacial score (nSPS) is 24.6. The first-order valence-corrected chi connectivity index (χ1v) is 7.01. The van der Waals surface area contributed by atoms with E-state index in [1.807, 2.05) is 12.1 Å². The van der Waals surface area contributed by atoms with Crippen LogP contribution in [0.3, 0.4) is 0 Å². The Hall–Kier alpha value is -0.890. The van der Waals surface area contributed by atoms with Gasteiger partial charge in [-0.15, -0.1) is 0 Å². The molecule has 2 nitrogen and oxygen atoms in total. The van der Waals surface area contributed by atoms with Crippen molar-refractivity contribution >= 4 is 23.0 Å². The third-order valence-electron chi connectivity index (χ3n) is 4.05. The molecule has 1 fully saturated rings. The first kappa shape index (κ1) is 11.2. The number of halogens is 1. The fourth-order valence-corrected chi connectivity index (χ4v) is 3.25. The third-order valence-corrected chi connectivity index (χ3v) is 4.29. The summed E-state index contributed by atoms with van der Waals surface area (Å²) < 4.78 is 0. The molecule has 3 heteroatoms. The maximum atomic E-state index is 5.99. The molecule has 0 aromatic heterocycles. The van der Waals surface area contributed by atoms with Crippen LogP contribution in [0.5, 0.6) is 0 Å². The maximum absolute atomic E-state index is 5.99. The summed E-state index contributed by atoms with van der Waals surface area (Å²) >= 11 is 5.99. The van der Waals surface area contributed by atoms with Gasteiger partial charge in [0.1, 0.15) is 0 Å². The van der Waals surface area contributed by atoms with Crippen LogP contribution in [-0.4, -0.2) is 12.6 Å². The molecule has 1 heterocycles. The predicted octanol–water partition coefficient (Wildman–Crippen LogP) is 4.13. The lowest BCUT2D eigenvalue weighted by atomic mass is 9.83. The van der Waals surface area contributed by atoms with E-state index < -0.39 is 0 Å². The Balaban J connectivity index is 1.73. The van der Waals surface area contributed by atoms with E-state index in [-0.39, 0.29) is 0 Å². The molecule has 1 aromatic carbocycles. The summed E-state index contributed by atoms with van der Waals surface area (Å²) in [6, 6.07) is 6.63. The molecular formula is C14H19ClN2. The Morgan fingerprint density at radius 3 is 2.71 bits per heavy atom. The van der Waals surface area contributed by atoms with Crippen molar-refractivity contribution in [3.05, 3.63) is 23.2 Å². The molecule has 1 aliphatic carbocycles. The van der Waals surface area contributed by atoms with Crippen LogP contribution in [0.2, 0.25) is 5.02 Å². The van der Waals surface area contributed by atoms with Gasteiger partial charge in [-0.25, -0.2) is 0 Å². The van der Waals surface area contributed by atoms with Crippen LogP contribution in [0, 0.1) is 5.92 Å². The van der Waals surface area contributed by atoms with E-state index >= 15 is 0 Å². The molecular weight excluding hydrogens is 232 g/mol. The van der Waals surface area contributed by atoms with Crippen LogP contribution in [0.4, 0.5) is 11.4 Å². The minimum Gasteiger partial charge on any atom is -0.381 e. The number of benzene rings is 1. The molecule has 1 saturated carbocycles. The predicted molar refractivity (Wildman–Crippen MR) is 73.9 cm³/mol. The zero-order valence-corrected chi connectivity index (χ0v) is 10.8. The Labute approximate surface area is 108 Å². The second-order valence-corrected chi connectivity index (χ2v) is 5.66. The highest BCUT2D eigenvalue weighted by Crippen LogP contribution is 2.34. The van der Waals surface area contributed by atoms with E-state index in [9.17, 15) is 0 Å². The van der Waals surface area contributed by atoms with Crippen molar-refractivity contribution in [1.82, 2.24) is 0 Å². The van der Waals surface area contributed by atoms with Gasteiger partial charge in [-0.05, 0) is 37.0 Å². The number of anilines is 2. The molecule has 1 atom stereocenters. The highest BCUT2D eigenvalue weighted by Gasteiger charge is 2.26. The minimum atomic E-state index is 0.587. The first-order valence-electron chi connectivity index (χ1n) is 6.63. The van der Waals surface area contributed by atoms with Crippen LogP contribution in [-0.2, 0) is 0 Å². The van der Waals surface area contributed by atoms with Crippen molar-refractivity contribution in [3.8, 4) is 0 Å². The highest BCUT2D eigenvalue weighted by molar-refractivity contribution is 6.31. The molecule has 0 saturated heterocycles. The van der Waals surface area contributed by atoms with Gasteiger partial charge in [0.05, 0.1) is 11.4 Å². The van der Waals surface area contributed by atoms with Crippen molar-refractivity contribution < 1.29 is 0 Å². The largest absolute Gasteiger partial charge is 0.381 e. The first-order chi connectivity index (χ1) is 8.33. The van der Waals surface area contributed by atoms with Gasteiger partial charge in [0.2, 0.25) is 0 Å². The molecule has 17 heavy (non-hydrogen) atoms. The van der Waals surface area contributed by atoms with Gasteiger partial charge in [-0.1, -0.05) is 30.9 Å². The molecule has 0 spiro atoms. The summed E-state index contributed by atoms with van der Waals surface area (Å²) in [6.07, 6.45) is 6.97. The lowest BCUT2D eigenvalue weighted by Crippen LogP contribution is -2.39. The smallest absolute Gasteiger partial charge is 0.0591 e. The van der Waals surface area contributed by atoms with E-state index in [0.717, 1.165) is 23.2 Å². The van der Waals surface area contributed by atoms with Crippen molar-refractivity contribution in [3.63, 3.8) is 0 Å². The van der Waals surface area contributed by atoms with E-state index in [0.29, 0.717) is 6.04 Å². The zero-order chi connectivity index (χ0) is 11.7. The van der Waals surface area contributed by atoms with E-state index in [2.05, 4.69) is 16.7 Å². The van der Waals surface area contributed by atoms with Gasteiger partial charge in [0.15, 0.2) is 0 Å². The Bertz CT molecular complexity index is 399. The summed E-state index contributed by atoms with van der Waals surface area (Å²) in [4.78, 5) is 0. The summed E-state index contributed by atoms with van der Waals surface area (Å²) in [6.45, 7) is 1.03. The van der Waals surface area contributed by atoms with Crippen molar-refractivity contribution in [2.45, 2.75) is 38.1 Å². The van der Waals surface area contributed by atoms with Crippen LogP contribution in [0.15, 0.2) is 18.2 Å². The maximum Gasteiger partial charge on any atom is 0.0591 e. The number of fused-ring (bicyclic) bond motifs is 1. The molecule has 1 aliphatic heterocycles. The number of rotatable bonds is 1.